The SMILES string of the molecule is CCCCC(CC)CNCc1nc(-c2ccccc2)cs1. The zero-order valence-corrected chi connectivity index (χ0v) is 14.0. The highest BCUT2D eigenvalue weighted by Crippen LogP contribution is 2.21. The molecule has 1 unspecified atom stereocenters. The van der Waals surface area contributed by atoms with E-state index < -0.39 is 0 Å². The van der Waals surface area contributed by atoms with Crippen molar-refractivity contribution in [3.8, 4) is 11.3 Å². The quantitative estimate of drug-likeness (QED) is 0.695. The second-order valence-corrected chi connectivity index (χ2v) is 6.48. The summed E-state index contributed by atoms with van der Waals surface area (Å²) in [6.07, 6.45) is 5.24. The summed E-state index contributed by atoms with van der Waals surface area (Å²) in [6, 6.07) is 10.4. The number of unbranched alkanes of at least 4 members (excludes halogenated alkanes) is 1. The summed E-state index contributed by atoms with van der Waals surface area (Å²) >= 11 is 1.75. The molecule has 1 heterocycles. The zero-order chi connectivity index (χ0) is 14.9. The van der Waals surface area contributed by atoms with E-state index in [0.29, 0.717) is 0 Å². The molecular weight excluding hydrogens is 276 g/mol. The number of aromatic nitrogens is 1. The van der Waals surface area contributed by atoms with Crippen molar-refractivity contribution in [3.63, 3.8) is 0 Å². The van der Waals surface area contributed by atoms with E-state index in [0.717, 1.165) is 24.7 Å². The van der Waals surface area contributed by atoms with E-state index in [1.165, 1.54) is 36.3 Å². The second-order valence-electron chi connectivity index (χ2n) is 5.54. The Bertz CT molecular complexity index is 507. The standard InChI is InChI=1S/C18H26N2S/c1-3-5-9-15(4-2)12-19-13-18-20-17(14-21-18)16-10-7-6-8-11-16/h6-8,10-11,14-15,19H,3-5,9,12-13H2,1-2H3. The normalized spacial score (nSPS) is 12.5. The fraction of sp³-hybridized carbons (Fsp3) is 0.500. The van der Waals surface area contributed by atoms with Crippen LogP contribution in [-0.2, 0) is 6.54 Å². The lowest BCUT2D eigenvalue weighted by molar-refractivity contribution is 0.419. The van der Waals surface area contributed by atoms with Crippen molar-refractivity contribution in [2.45, 2.75) is 46.1 Å². The highest BCUT2D eigenvalue weighted by atomic mass is 32.1. The predicted octanol–water partition coefficient (Wildman–Crippen LogP) is 5.12. The highest BCUT2D eigenvalue weighted by molar-refractivity contribution is 7.09. The Labute approximate surface area is 132 Å². The molecule has 0 amide bonds. The molecule has 0 fully saturated rings. The topological polar surface area (TPSA) is 24.9 Å². The van der Waals surface area contributed by atoms with E-state index in [1.54, 1.807) is 11.3 Å². The molecule has 0 spiro atoms. The van der Waals surface area contributed by atoms with E-state index in [9.17, 15) is 0 Å². The van der Waals surface area contributed by atoms with Crippen LogP contribution in [0.25, 0.3) is 11.3 Å². The van der Waals surface area contributed by atoms with Crippen molar-refractivity contribution < 1.29 is 0 Å². The molecule has 2 nitrogen and oxygen atoms in total. The van der Waals surface area contributed by atoms with Gasteiger partial charge in [0.1, 0.15) is 5.01 Å². The van der Waals surface area contributed by atoms with Gasteiger partial charge in [0.2, 0.25) is 0 Å². The molecule has 114 valence electrons. The Balaban J connectivity index is 1.80. The highest BCUT2D eigenvalue weighted by Gasteiger charge is 2.07. The Hall–Kier alpha value is -1.19. The first kappa shape index (κ1) is 16.2. The second kappa shape index (κ2) is 8.96. The monoisotopic (exact) mass is 302 g/mol. The van der Waals surface area contributed by atoms with Crippen molar-refractivity contribution in [1.82, 2.24) is 10.3 Å². The number of nitrogens with zero attached hydrogens (tertiary/aromatic N) is 1. The molecular formula is C18H26N2S. The van der Waals surface area contributed by atoms with E-state index in [2.05, 4.69) is 48.8 Å². The lowest BCUT2D eigenvalue weighted by atomic mass is 9.99. The number of hydrogen-bond donors (Lipinski definition) is 1. The molecule has 21 heavy (non-hydrogen) atoms. The summed E-state index contributed by atoms with van der Waals surface area (Å²) in [4.78, 5) is 4.72. The van der Waals surface area contributed by atoms with Crippen molar-refractivity contribution in [2.24, 2.45) is 5.92 Å². The Morgan fingerprint density at radius 3 is 2.71 bits per heavy atom. The number of thiazole rings is 1. The predicted molar refractivity (Wildman–Crippen MR) is 92.6 cm³/mol. The molecule has 3 heteroatoms. The van der Waals surface area contributed by atoms with Crippen LogP contribution in [0.2, 0.25) is 0 Å². The van der Waals surface area contributed by atoms with Crippen LogP contribution in [-0.4, -0.2) is 11.5 Å². The fourth-order valence-electron chi connectivity index (χ4n) is 2.46. The minimum absolute atomic E-state index is 0.804. The molecule has 1 atom stereocenters. The molecule has 1 N–H and O–H groups in total. The molecule has 0 saturated heterocycles. The van der Waals surface area contributed by atoms with Crippen molar-refractivity contribution in [1.29, 1.82) is 0 Å². The molecule has 0 radical (unpaired) electrons. The van der Waals surface area contributed by atoms with Crippen LogP contribution in [0.15, 0.2) is 35.7 Å². The molecule has 0 saturated carbocycles. The summed E-state index contributed by atoms with van der Waals surface area (Å²) in [7, 11) is 0. The van der Waals surface area contributed by atoms with Crippen molar-refractivity contribution in [3.05, 3.63) is 40.7 Å². The van der Waals surface area contributed by atoms with Gasteiger partial charge in [-0.15, -0.1) is 11.3 Å². The Kier molecular flexibility index (Phi) is 6.90. The average molecular weight is 302 g/mol. The third-order valence-electron chi connectivity index (χ3n) is 3.87. The van der Waals surface area contributed by atoms with Gasteiger partial charge in [-0.1, -0.05) is 63.4 Å². The summed E-state index contributed by atoms with van der Waals surface area (Å²) in [5.74, 6) is 0.804. The molecule has 2 rings (SSSR count). The third kappa shape index (κ3) is 5.25. The molecule has 0 aliphatic rings. The summed E-state index contributed by atoms with van der Waals surface area (Å²) in [6.45, 7) is 6.55. The first-order valence-electron chi connectivity index (χ1n) is 8.04. The number of nitrogens with one attached hydrogen (secondary N) is 1. The van der Waals surface area contributed by atoms with Gasteiger partial charge < -0.3 is 5.32 Å². The molecule has 1 aromatic heterocycles. The number of benzene rings is 1. The molecule has 0 aliphatic carbocycles. The van der Waals surface area contributed by atoms with Gasteiger partial charge in [-0.3, -0.25) is 0 Å². The lowest BCUT2D eigenvalue weighted by Crippen LogP contribution is -2.22. The Morgan fingerprint density at radius 1 is 1.19 bits per heavy atom. The minimum Gasteiger partial charge on any atom is -0.310 e. The van der Waals surface area contributed by atoms with Gasteiger partial charge in [-0.05, 0) is 18.9 Å². The lowest BCUT2D eigenvalue weighted by Gasteiger charge is -2.14. The first-order chi connectivity index (χ1) is 10.3. The Morgan fingerprint density at radius 2 is 2.00 bits per heavy atom. The van der Waals surface area contributed by atoms with Gasteiger partial charge >= 0.3 is 0 Å². The van der Waals surface area contributed by atoms with Crippen LogP contribution in [0.1, 0.15) is 44.5 Å². The summed E-state index contributed by atoms with van der Waals surface area (Å²) < 4.78 is 0. The maximum absolute atomic E-state index is 4.72. The molecule has 2 aromatic rings. The van der Waals surface area contributed by atoms with Crippen LogP contribution in [0, 0.1) is 5.92 Å². The zero-order valence-electron chi connectivity index (χ0n) is 13.1. The number of hydrogen-bond acceptors (Lipinski definition) is 3. The van der Waals surface area contributed by atoms with Gasteiger partial charge in [0.15, 0.2) is 0 Å². The van der Waals surface area contributed by atoms with Crippen LogP contribution < -0.4 is 5.32 Å². The van der Waals surface area contributed by atoms with Crippen molar-refractivity contribution in [2.75, 3.05) is 6.54 Å². The van der Waals surface area contributed by atoms with Gasteiger partial charge in [0.05, 0.1) is 5.69 Å². The molecule has 0 aliphatic heterocycles. The summed E-state index contributed by atoms with van der Waals surface area (Å²) in [5.41, 5.74) is 2.30. The smallest absolute Gasteiger partial charge is 0.107 e. The fourth-order valence-corrected chi connectivity index (χ4v) is 3.23. The van der Waals surface area contributed by atoms with Crippen molar-refractivity contribution >= 4 is 11.3 Å². The van der Waals surface area contributed by atoms with Crippen LogP contribution >= 0.6 is 11.3 Å². The van der Waals surface area contributed by atoms with Gasteiger partial charge in [-0.25, -0.2) is 4.98 Å². The van der Waals surface area contributed by atoms with Crippen LogP contribution in [0.5, 0.6) is 0 Å². The van der Waals surface area contributed by atoms with Gasteiger partial charge in [0, 0.05) is 17.5 Å². The maximum atomic E-state index is 4.72. The van der Waals surface area contributed by atoms with E-state index >= 15 is 0 Å². The molecule has 1 aromatic carbocycles. The molecule has 0 bridgehead atoms. The third-order valence-corrected chi connectivity index (χ3v) is 4.72. The van der Waals surface area contributed by atoms with E-state index in [4.69, 9.17) is 4.98 Å². The minimum atomic E-state index is 0.804. The maximum Gasteiger partial charge on any atom is 0.107 e. The summed E-state index contributed by atoms with van der Waals surface area (Å²) in [5, 5.41) is 6.91. The largest absolute Gasteiger partial charge is 0.310 e. The number of rotatable bonds is 9. The van der Waals surface area contributed by atoms with Crippen LogP contribution in [0.4, 0.5) is 0 Å². The van der Waals surface area contributed by atoms with E-state index in [1.807, 2.05) is 6.07 Å². The van der Waals surface area contributed by atoms with Crippen LogP contribution in [0.3, 0.4) is 0 Å². The first-order valence-corrected chi connectivity index (χ1v) is 8.92. The van der Waals surface area contributed by atoms with E-state index in [-0.39, 0.29) is 0 Å². The van der Waals surface area contributed by atoms with Gasteiger partial charge in [-0.2, -0.15) is 0 Å². The average Bonchev–Trinajstić information content (AvgIpc) is 3.00. The van der Waals surface area contributed by atoms with Gasteiger partial charge in [0.25, 0.3) is 0 Å².